The Morgan fingerprint density at radius 1 is 1.69 bits per heavy atom. The highest BCUT2D eigenvalue weighted by atomic mass is 16.6. The number of carboxylic acid groups (broad SMARTS) is 1. The Hall–Kier alpha value is -1.92. The topological polar surface area (TPSA) is 109 Å². The largest absolute Gasteiger partial charge is 0.481 e. The molecule has 0 amide bonds. The Balaban J connectivity index is 2.37. The molecule has 0 bridgehead atoms. The molecule has 1 saturated carbocycles. The van der Waals surface area contributed by atoms with Gasteiger partial charge in [0, 0.05) is 5.92 Å². The van der Waals surface area contributed by atoms with E-state index in [-0.39, 0.29) is 11.7 Å². The highest BCUT2D eigenvalue weighted by Crippen LogP contribution is 2.65. The second-order valence-electron chi connectivity index (χ2n) is 4.55. The molecule has 1 aromatic rings. The van der Waals surface area contributed by atoms with Crippen LogP contribution < -0.4 is 0 Å². The van der Waals surface area contributed by atoms with E-state index in [1.165, 1.54) is 6.20 Å². The lowest BCUT2D eigenvalue weighted by molar-refractivity contribution is -0.390. The lowest BCUT2D eigenvalue weighted by Crippen LogP contribution is -2.03. The van der Waals surface area contributed by atoms with Crippen molar-refractivity contribution in [3.8, 4) is 0 Å². The quantitative estimate of drug-likeness (QED) is 0.592. The first-order chi connectivity index (χ1) is 7.37. The Kier molecular flexibility index (Phi) is 2.01. The molecule has 1 heterocycles. The van der Waals surface area contributed by atoms with E-state index in [1.54, 1.807) is 13.8 Å². The van der Waals surface area contributed by atoms with Crippen molar-refractivity contribution >= 4 is 11.8 Å². The molecular weight excluding hydrogens is 214 g/mol. The van der Waals surface area contributed by atoms with Gasteiger partial charge in [-0.15, -0.1) is 5.10 Å². The predicted molar refractivity (Wildman–Crippen MR) is 52.9 cm³/mol. The van der Waals surface area contributed by atoms with Gasteiger partial charge in [-0.3, -0.25) is 4.79 Å². The van der Waals surface area contributed by atoms with Gasteiger partial charge in [-0.1, -0.05) is 18.9 Å². The van der Waals surface area contributed by atoms with E-state index in [4.69, 9.17) is 5.11 Å². The van der Waals surface area contributed by atoms with E-state index in [9.17, 15) is 14.9 Å². The third-order valence-corrected chi connectivity index (χ3v) is 3.26. The van der Waals surface area contributed by atoms with Gasteiger partial charge < -0.3 is 15.2 Å². The van der Waals surface area contributed by atoms with E-state index >= 15 is 0 Å². The van der Waals surface area contributed by atoms with Crippen LogP contribution in [0.25, 0.3) is 0 Å². The minimum Gasteiger partial charge on any atom is -0.481 e. The standard InChI is InChI=1S/C9H11N3O4/c1-9(2)5(6(9)8(13)14)4-3-10-11-7(4)12(15)16/h3,5-6H,1-2H3,(H,10,11)(H,13,14). The molecule has 86 valence electrons. The first-order valence-electron chi connectivity index (χ1n) is 4.78. The average molecular weight is 225 g/mol. The van der Waals surface area contributed by atoms with Gasteiger partial charge >= 0.3 is 11.8 Å². The Labute approximate surface area is 90.6 Å². The van der Waals surface area contributed by atoms with Crippen LogP contribution in [0.3, 0.4) is 0 Å². The van der Waals surface area contributed by atoms with Gasteiger partial charge in [0.15, 0.2) is 0 Å². The molecule has 1 aromatic heterocycles. The smallest absolute Gasteiger partial charge is 0.346 e. The fourth-order valence-electron chi connectivity index (χ4n) is 2.34. The maximum Gasteiger partial charge on any atom is 0.346 e. The second kappa shape index (κ2) is 3.03. The van der Waals surface area contributed by atoms with Crippen LogP contribution in [0.1, 0.15) is 25.3 Å². The van der Waals surface area contributed by atoms with E-state index in [0.717, 1.165) is 0 Å². The molecule has 0 aliphatic heterocycles. The number of rotatable bonds is 3. The van der Waals surface area contributed by atoms with Gasteiger partial charge in [0.25, 0.3) is 0 Å². The molecule has 7 heteroatoms. The maximum atomic E-state index is 11.0. The third-order valence-electron chi connectivity index (χ3n) is 3.26. The summed E-state index contributed by atoms with van der Waals surface area (Å²) in [6.45, 7) is 3.57. The van der Waals surface area contributed by atoms with Gasteiger partial charge in [0.2, 0.25) is 0 Å². The Bertz CT molecular complexity index is 465. The number of aromatic amines is 1. The molecule has 2 N–H and O–H groups in total. The fourth-order valence-corrected chi connectivity index (χ4v) is 2.34. The fraction of sp³-hybridized carbons (Fsp3) is 0.556. The number of aromatic nitrogens is 2. The molecule has 0 spiro atoms. The van der Waals surface area contributed by atoms with Crippen molar-refractivity contribution in [3.05, 3.63) is 21.9 Å². The number of nitrogens with zero attached hydrogens (tertiary/aromatic N) is 2. The number of nitrogens with one attached hydrogen (secondary N) is 1. The van der Waals surface area contributed by atoms with Crippen LogP contribution in [0, 0.1) is 21.4 Å². The zero-order chi connectivity index (χ0) is 12.1. The van der Waals surface area contributed by atoms with Crippen LogP contribution in [0.5, 0.6) is 0 Å². The monoisotopic (exact) mass is 225 g/mol. The first kappa shape index (κ1) is 10.6. The van der Waals surface area contributed by atoms with E-state index < -0.39 is 22.2 Å². The summed E-state index contributed by atoms with van der Waals surface area (Å²) in [4.78, 5) is 21.1. The molecule has 2 unspecified atom stereocenters. The number of carbonyl (C=O) groups is 1. The number of H-pyrrole nitrogens is 1. The van der Waals surface area contributed by atoms with Crippen molar-refractivity contribution in [2.75, 3.05) is 0 Å². The van der Waals surface area contributed by atoms with Gasteiger partial charge in [0.05, 0.1) is 17.7 Å². The molecule has 2 atom stereocenters. The molecule has 2 rings (SSSR count). The molecular formula is C9H11N3O4. The van der Waals surface area contributed by atoms with Gasteiger partial charge in [-0.25, -0.2) is 0 Å². The van der Waals surface area contributed by atoms with Crippen molar-refractivity contribution in [1.29, 1.82) is 0 Å². The van der Waals surface area contributed by atoms with Crippen molar-refractivity contribution in [2.24, 2.45) is 11.3 Å². The predicted octanol–water partition coefficient (Wildman–Crippen LogP) is 1.14. The molecule has 1 aliphatic rings. The minimum atomic E-state index is -0.925. The van der Waals surface area contributed by atoms with E-state index in [1.807, 2.05) is 0 Å². The summed E-state index contributed by atoms with van der Waals surface area (Å²) < 4.78 is 0. The minimum absolute atomic E-state index is 0.207. The molecule has 1 fully saturated rings. The van der Waals surface area contributed by atoms with E-state index in [0.29, 0.717) is 5.56 Å². The molecule has 7 nitrogen and oxygen atoms in total. The molecule has 0 aromatic carbocycles. The highest BCUT2D eigenvalue weighted by Gasteiger charge is 2.64. The zero-order valence-corrected chi connectivity index (χ0v) is 8.80. The summed E-state index contributed by atoms with van der Waals surface area (Å²) in [6.07, 6.45) is 1.34. The molecule has 0 saturated heterocycles. The first-order valence-corrected chi connectivity index (χ1v) is 4.78. The molecule has 1 aliphatic carbocycles. The third kappa shape index (κ3) is 1.28. The summed E-state index contributed by atoms with van der Waals surface area (Å²) in [6, 6.07) is 0. The molecule has 16 heavy (non-hydrogen) atoms. The number of hydrogen-bond donors (Lipinski definition) is 2. The Morgan fingerprint density at radius 3 is 2.75 bits per heavy atom. The van der Waals surface area contributed by atoms with Crippen LogP contribution >= 0.6 is 0 Å². The van der Waals surface area contributed by atoms with Crippen molar-refractivity contribution in [1.82, 2.24) is 10.2 Å². The van der Waals surface area contributed by atoms with E-state index in [2.05, 4.69) is 10.2 Å². The Morgan fingerprint density at radius 2 is 2.31 bits per heavy atom. The number of carboxylic acids is 1. The zero-order valence-electron chi connectivity index (χ0n) is 8.80. The lowest BCUT2D eigenvalue weighted by atomic mass is 10.1. The van der Waals surface area contributed by atoms with Crippen LogP contribution in [-0.4, -0.2) is 26.2 Å². The lowest BCUT2D eigenvalue weighted by Gasteiger charge is -1.99. The maximum absolute atomic E-state index is 11.0. The summed E-state index contributed by atoms with van der Waals surface area (Å²) >= 11 is 0. The highest BCUT2D eigenvalue weighted by molar-refractivity contribution is 5.78. The van der Waals surface area contributed by atoms with Crippen molar-refractivity contribution in [3.63, 3.8) is 0 Å². The average Bonchev–Trinajstić information content (AvgIpc) is 2.59. The normalized spacial score (nSPS) is 26.4. The van der Waals surface area contributed by atoms with Gasteiger partial charge in [-0.2, -0.15) is 0 Å². The summed E-state index contributed by atoms with van der Waals surface area (Å²) in [5, 5.41) is 25.6. The van der Waals surface area contributed by atoms with Crippen LogP contribution in [0.15, 0.2) is 6.20 Å². The number of hydrogen-bond acceptors (Lipinski definition) is 4. The number of aliphatic carboxylic acids is 1. The SMILES string of the molecule is CC1(C)C(C(=O)O)C1c1cn[nH]c1[N+](=O)[O-]. The van der Waals surface area contributed by atoms with Crippen LogP contribution in [-0.2, 0) is 4.79 Å². The second-order valence-corrected chi connectivity index (χ2v) is 4.55. The summed E-state index contributed by atoms with van der Waals surface area (Å²) in [5.74, 6) is -2.06. The number of nitro groups is 1. The molecule has 0 radical (unpaired) electrons. The van der Waals surface area contributed by atoms with Crippen LogP contribution in [0.4, 0.5) is 5.82 Å². The van der Waals surface area contributed by atoms with Crippen molar-refractivity contribution < 1.29 is 14.8 Å². The van der Waals surface area contributed by atoms with Gasteiger partial charge in [-0.05, 0) is 10.3 Å². The van der Waals surface area contributed by atoms with Gasteiger partial charge in [0.1, 0.15) is 0 Å². The van der Waals surface area contributed by atoms with Crippen LogP contribution in [0.2, 0.25) is 0 Å². The summed E-state index contributed by atoms with van der Waals surface area (Å²) in [5.41, 5.74) is -0.0806. The van der Waals surface area contributed by atoms with Crippen molar-refractivity contribution in [2.45, 2.75) is 19.8 Å². The summed E-state index contributed by atoms with van der Waals surface area (Å²) in [7, 11) is 0.